The SMILES string of the molecule is O=C(OCc1nc2ccccc2s1)c1cc(F)ccc1F. The summed E-state index contributed by atoms with van der Waals surface area (Å²) < 4.78 is 32.4. The third-order valence-electron chi connectivity index (χ3n) is 2.81. The minimum absolute atomic E-state index is 0.0753. The maximum atomic E-state index is 13.4. The number of aromatic nitrogens is 1. The van der Waals surface area contributed by atoms with Crippen molar-refractivity contribution in [3.8, 4) is 0 Å². The van der Waals surface area contributed by atoms with Gasteiger partial charge in [0.15, 0.2) is 0 Å². The van der Waals surface area contributed by atoms with Gasteiger partial charge in [-0.15, -0.1) is 11.3 Å². The molecule has 1 aromatic heterocycles. The molecule has 3 nitrogen and oxygen atoms in total. The highest BCUT2D eigenvalue weighted by molar-refractivity contribution is 7.18. The molecule has 0 atom stereocenters. The van der Waals surface area contributed by atoms with Crippen molar-refractivity contribution in [3.63, 3.8) is 0 Å². The molecule has 0 fully saturated rings. The molecule has 0 bridgehead atoms. The normalized spacial score (nSPS) is 10.8. The van der Waals surface area contributed by atoms with E-state index in [9.17, 15) is 13.6 Å². The Bertz CT molecular complexity index is 783. The quantitative estimate of drug-likeness (QED) is 0.688. The lowest BCUT2D eigenvalue weighted by Gasteiger charge is -2.03. The van der Waals surface area contributed by atoms with Crippen LogP contribution < -0.4 is 0 Å². The van der Waals surface area contributed by atoms with Gasteiger partial charge in [0.05, 0.1) is 15.8 Å². The molecule has 106 valence electrons. The molecule has 0 aliphatic rings. The predicted molar refractivity (Wildman–Crippen MR) is 75.1 cm³/mol. The molecule has 0 amide bonds. The van der Waals surface area contributed by atoms with Crippen molar-refractivity contribution in [2.75, 3.05) is 0 Å². The lowest BCUT2D eigenvalue weighted by Crippen LogP contribution is -2.08. The Morgan fingerprint density at radius 1 is 1.19 bits per heavy atom. The summed E-state index contributed by atoms with van der Waals surface area (Å²) in [7, 11) is 0. The van der Waals surface area contributed by atoms with Gasteiger partial charge in [0.1, 0.15) is 23.2 Å². The Morgan fingerprint density at radius 2 is 2.00 bits per heavy atom. The molecule has 3 rings (SSSR count). The molecular weight excluding hydrogens is 296 g/mol. The highest BCUT2D eigenvalue weighted by Crippen LogP contribution is 2.22. The molecular formula is C15H9F2NO2S. The number of ether oxygens (including phenoxy) is 1. The van der Waals surface area contributed by atoms with Crippen LogP contribution in [0.2, 0.25) is 0 Å². The summed E-state index contributed by atoms with van der Waals surface area (Å²) in [4.78, 5) is 16.0. The van der Waals surface area contributed by atoms with E-state index in [1.165, 1.54) is 11.3 Å². The van der Waals surface area contributed by atoms with Gasteiger partial charge in [-0.2, -0.15) is 0 Å². The molecule has 0 aliphatic heterocycles. The molecule has 0 aliphatic carbocycles. The van der Waals surface area contributed by atoms with E-state index in [0.717, 1.165) is 28.4 Å². The van der Waals surface area contributed by atoms with Crippen LogP contribution in [0.4, 0.5) is 8.78 Å². The van der Waals surface area contributed by atoms with Crippen molar-refractivity contribution in [1.82, 2.24) is 4.98 Å². The van der Waals surface area contributed by atoms with Crippen LogP contribution in [0, 0.1) is 11.6 Å². The van der Waals surface area contributed by atoms with E-state index in [2.05, 4.69) is 4.98 Å². The van der Waals surface area contributed by atoms with Crippen LogP contribution in [-0.4, -0.2) is 11.0 Å². The van der Waals surface area contributed by atoms with E-state index in [1.54, 1.807) is 0 Å². The maximum absolute atomic E-state index is 13.4. The first kappa shape index (κ1) is 13.6. The lowest BCUT2D eigenvalue weighted by atomic mass is 10.2. The summed E-state index contributed by atoms with van der Waals surface area (Å²) in [6.45, 7) is -0.0753. The fraction of sp³-hybridized carbons (Fsp3) is 0.0667. The minimum Gasteiger partial charge on any atom is -0.455 e. The fourth-order valence-electron chi connectivity index (χ4n) is 1.84. The van der Waals surface area contributed by atoms with E-state index >= 15 is 0 Å². The van der Waals surface area contributed by atoms with Gasteiger partial charge >= 0.3 is 5.97 Å². The summed E-state index contributed by atoms with van der Waals surface area (Å²) in [6, 6.07) is 10.2. The zero-order chi connectivity index (χ0) is 14.8. The Hall–Kier alpha value is -2.34. The number of rotatable bonds is 3. The number of esters is 1. The molecule has 0 saturated carbocycles. The summed E-state index contributed by atoms with van der Waals surface area (Å²) in [6.07, 6.45) is 0. The lowest BCUT2D eigenvalue weighted by molar-refractivity contribution is 0.0466. The third-order valence-corrected chi connectivity index (χ3v) is 3.82. The van der Waals surface area contributed by atoms with Crippen LogP contribution in [0.1, 0.15) is 15.4 Å². The van der Waals surface area contributed by atoms with Crippen LogP contribution in [0.15, 0.2) is 42.5 Å². The molecule has 0 N–H and O–H groups in total. The molecule has 0 unspecified atom stereocenters. The first-order valence-corrected chi connectivity index (χ1v) is 6.92. The van der Waals surface area contributed by atoms with E-state index in [0.29, 0.717) is 5.01 Å². The number of nitrogens with zero attached hydrogens (tertiary/aromatic N) is 1. The van der Waals surface area contributed by atoms with Crippen LogP contribution in [0.3, 0.4) is 0 Å². The predicted octanol–water partition coefficient (Wildman–Crippen LogP) is 3.93. The number of hydrogen-bond donors (Lipinski definition) is 0. The average molecular weight is 305 g/mol. The molecule has 2 aromatic carbocycles. The zero-order valence-corrected chi connectivity index (χ0v) is 11.5. The molecule has 3 aromatic rings. The number of hydrogen-bond acceptors (Lipinski definition) is 4. The highest BCUT2D eigenvalue weighted by Gasteiger charge is 2.15. The topological polar surface area (TPSA) is 39.2 Å². The van der Waals surface area contributed by atoms with E-state index in [-0.39, 0.29) is 6.61 Å². The van der Waals surface area contributed by atoms with Gasteiger partial charge in [-0.1, -0.05) is 12.1 Å². The van der Waals surface area contributed by atoms with Gasteiger partial charge < -0.3 is 4.74 Å². The smallest absolute Gasteiger partial charge is 0.341 e. The summed E-state index contributed by atoms with van der Waals surface area (Å²) in [5.41, 5.74) is 0.390. The van der Waals surface area contributed by atoms with Crippen LogP contribution in [0.5, 0.6) is 0 Å². The fourth-order valence-corrected chi connectivity index (χ4v) is 2.72. The number of carbonyl (C=O) groups excluding carboxylic acids is 1. The maximum Gasteiger partial charge on any atom is 0.341 e. The van der Waals surface area contributed by atoms with Gasteiger partial charge in [0.2, 0.25) is 0 Å². The monoisotopic (exact) mass is 305 g/mol. The first-order chi connectivity index (χ1) is 10.1. The molecule has 6 heteroatoms. The second-order valence-corrected chi connectivity index (χ2v) is 5.39. The van der Waals surface area contributed by atoms with E-state index < -0.39 is 23.2 Å². The van der Waals surface area contributed by atoms with Crippen molar-refractivity contribution < 1.29 is 18.3 Å². The summed E-state index contributed by atoms with van der Waals surface area (Å²) >= 11 is 1.39. The van der Waals surface area contributed by atoms with Crippen molar-refractivity contribution in [3.05, 3.63) is 64.7 Å². The van der Waals surface area contributed by atoms with Gasteiger partial charge in [0.25, 0.3) is 0 Å². The zero-order valence-electron chi connectivity index (χ0n) is 10.7. The Labute approximate surface area is 122 Å². The average Bonchev–Trinajstić information content (AvgIpc) is 2.90. The number of halogens is 2. The second-order valence-electron chi connectivity index (χ2n) is 4.28. The van der Waals surface area contributed by atoms with Crippen LogP contribution in [-0.2, 0) is 11.3 Å². The molecule has 0 saturated heterocycles. The van der Waals surface area contributed by atoms with Gasteiger partial charge in [-0.25, -0.2) is 18.6 Å². The summed E-state index contributed by atoms with van der Waals surface area (Å²) in [5, 5.41) is 0.598. The largest absolute Gasteiger partial charge is 0.455 e. The Morgan fingerprint density at radius 3 is 2.81 bits per heavy atom. The number of carbonyl (C=O) groups is 1. The number of thiazole rings is 1. The molecule has 0 radical (unpaired) electrons. The number of benzene rings is 2. The highest BCUT2D eigenvalue weighted by atomic mass is 32.1. The van der Waals surface area contributed by atoms with E-state index in [4.69, 9.17) is 4.74 Å². The Balaban J connectivity index is 1.74. The second kappa shape index (κ2) is 5.57. The Kier molecular flexibility index (Phi) is 3.62. The standard InChI is InChI=1S/C15H9F2NO2S/c16-9-5-6-11(17)10(7-9)15(19)20-8-14-18-12-3-1-2-4-13(12)21-14/h1-7H,8H2. The number of fused-ring (bicyclic) bond motifs is 1. The molecule has 1 heterocycles. The molecule has 21 heavy (non-hydrogen) atoms. The first-order valence-electron chi connectivity index (χ1n) is 6.10. The van der Waals surface area contributed by atoms with Crippen LogP contribution in [0.25, 0.3) is 10.2 Å². The van der Waals surface area contributed by atoms with Crippen molar-refractivity contribution in [2.45, 2.75) is 6.61 Å². The number of para-hydroxylation sites is 1. The van der Waals surface area contributed by atoms with Gasteiger partial charge in [-0.3, -0.25) is 0 Å². The molecule has 0 spiro atoms. The third kappa shape index (κ3) is 2.90. The van der Waals surface area contributed by atoms with Crippen molar-refractivity contribution in [2.24, 2.45) is 0 Å². The minimum atomic E-state index is -0.911. The van der Waals surface area contributed by atoms with Gasteiger partial charge in [-0.05, 0) is 30.3 Å². The van der Waals surface area contributed by atoms with Crippen molar-refractivity contribution in [1.29, 1.82) is 0 Å². The van der Waals surface area contributed by atoms with Crippen molar-refractivity contribution >= 4 is 27.5 Å². The summed E-state index contributed by atoms with van der Waals surface area (Å²) in [5.74, 6) is -2.42. The van der Waals surface area contributed by atoms with Gasteiger partial charge in [0, 0.05) is 0 Å². The van der Waals surface area contributed by atoms with E-state index in [1.807, 2.05) is 24.3 Å². The van der Waals surface area contributed by atoms with Crippen LogP contribution >= 0.6 is 11.3 Å².